The molecule has 1 aliphatic heterocycles. The third-order valence-electron chi connectivity index (χ3n) is 3.10. The standard InChI is InChI=1S/C16H9IN2O2S2/c17-12-4-2-1-3-11(12)14(20)19-15(21)13(23-16(19)22)9-10-5-7-18-8-6-10/h1-9H/b13-9-. The van der Waals surface area contributed by atoms with Crippen LogP contribution in [0.2, 0.25) is 0 Å². The van der Waals surface area contributed by atoms with Gasteiger partial charge in [0.05, 0.1) is 10.5 Å². The fourth-order valence-electron chi connectivity index (χ4n) is 2.01. The second kappa shape index (κ2) is 6.90. The van der Waals surface area contributed by atoms with Crippen LogP contribution in [0.4, 0.5) is 0 Å². The Morgan fingerprint density at radius 1 is 1.22 bits per heavy atom. The molecule has 1 aromatic carbocycles. The van der Waals surface area contributed by atoms with Gasteiger partial charge in [-0.05, 0) is 58.5 Å². The number of rotatable bonds is 2. The molecule has 2 heterocycles. The van der Waals surface area contributed by atoms with Crippen LogP contribution in [0.25, 0.3) is 6.08 Å². The zero-order chi connectivity index (χ0) is 16.4. The molecule has 4 nitrogen and oxygen atoms in total. The van der Waals surface area contributed by atoms with Gasteiger partial charge in [0, 0.05) is 16.0 Å². The number of aromatic nitrogens is 1. The molecule has 0 radical (unpaired) electrons. The van der Waals surface area contributed by atoms with Gasteiger partial charge in [-0.25, -0.2) is 4.90 Å². The highest BCUT2D eigenvalue weighted by Gasteiger charge is 2.37. The van der Waals surface area contributed by atoms with Crippen LogP contribution in [-0.2, 0) is 4.79 Å². The SMILES string of the molecule is O=C1/C(=C/c2ccncc2)SC(=S)N1C(=O)c1ccccc1I. The number of carbonyl (C=O) groups is 2. The van der Waals surface area contributed by atoms with Crippen LogP contribution in [0.5, 0.6) is 0 Å². The van der Waals surface area contributed by atoms with Crippen LogP contribution >= 0.6 is 46.6 Å². The minimum Gasteiger partial charge on any atom is -0.268 e. The van der Waals surface area contributed by atoms with Crippen molar-refractivity contribution >= 4 is 68.8 Å². The molecular formula is C16H9IN2O2S2. The zero-order valence-electron chi connectivity index (χ0n) is 11.6. The number of imide groups is 1. The first-order valence-corrected chi connectivity index (χ1v) is 8.85. The highest BCUT2D eigenvalue weighted by atomic mass is 127. The number of pyridine rings is 1. The van der Waals surface area contributed by atoms with E-state index in [1.165, 1.54) is 0 Å². The summed E-state index contributed by atoms with van der Waals surface area (Å²) in [7, 11) is 0. The summed E-state index contributed by atoms with van der Waals surface area (Å²) in [6.07, 6.45) is 5.00. The number of benzene rings is 1. The summed E-state index contributed by atoms with van der Waals surface area (Å²) < 4.78 is 1.03. The molecule has 1 saturated heterocycles. The Morgan fingerprint density at radius 3 is 2.61 bits per heavy atom. The van der Waals surface area contributed by atoms with Crippen LogP contribution in [0.3, 0.4) is 0 Å². The zero-order valence-corrected chi connectivity index (χ0v) is 15.4. The van der Waals surface area contributed by atoms with E-state index >= 15 is 0 Å². The van der Waals surface area contributed by atoms with Gasteiger partial charge in [0.2, 0.25) is 0 Å². The highest BCUT2D eigenvalue weighted by Crippen LogP contribution is 2.34. The van der Waals surface area contributed by atoms with E-state index in [0.29, 0.717) is 10.5 Å². The average Bonchev–Trinajstić information content (AvgIpc) is 2.82. The average molecular weight is 452 g/mol. The number of thioether (sulfide) groups is 1. The van der Waals surface area contributed by atoms with Crippen molar-refractivity contribution in [2.24, 2.45) is 0 Å². The van der Waals surface area contributed by atoms with Gasteiger partial charge in [-0.2, -0.15) is 0 Å². The normalized spacial score (nSPS) is 16.2. The molecule has 0 spiro atoms. The Morgan fingerprint density at radius 2 is 1.91 bits per heavy atom. The van der Waals surface area contributed by atoms with Crippen molar-refractivity contribution in [3.8, 4) is 0 Å². The Bertz CT molecular complexity index is 837. The van der Waals surface area contributed by atoms with E-state index in [2.05, 4.69) is 27.6 Å². The van der Waals surface area contributed by atoms with Gasteiger partial charge in [-0.15, -0.1) is 0 Å². The van der Waals surface area contributed by atoms with Crippen molar-refractivity contribution in [2.45, 2.75) is 0 Å². The van der Waals surface area contributed by atoms with E-state index in [9.17, 15) is 9.59 Å². The molecule has 1 aliphatic rings. The van der Waals surface area contributed by atoms with Crippen molar-refractivity contribution in [1.29, 1.82) is 0 Å². The molecule has 0 unspecified atom stereocenters. The third kappa shape index (κ3) is 3.36. The fraction of sp³-hybridized carbons (Fsp3) is 0. The number of nitrogens with zero attached hydrogens (tertiary/aromatic N) is 2. The van der Waals surface area contributed by atoms with Gasteiger partial charge in [-0.1, -0.05) is 36.1 Å². The molecule has 114 valence electrons. The number of hydrogen-bond donors (Lipinski definition) is 0. The molecule has 2 amide bonds. The first-order valence-electron chi connectivity index (χ1n) is 6.55. The Balaban J connectivity index is 1.92. The van der Waals surface area contributed by atoms with Gasteiger partial charge < -0.3 is 0 Å². The minimum atomic E-state index is -0.393. The summed E-state index contributed by atoms with van der Waals surface area (Å²) in [5, 5.41) is 0. The lowest BCUT2D eigenvalue weighted by Crippen LogP contribution is -2.35. The molecule has 2 aromatic rings. The van der Waals surface area contributed by atoms with E-state index in [-0.39, 0.29) is 10.2 Å². The van der Waals surface area contributed by atoms with Crippen molar-refractivity contribution < 1.29 is 9.59 Å². The number of carbonyl (C=O) groups excluding carboxylic acids is 2. The quantitative estimate of drug-likeness (QED) is 0.301. The molecule has 0 aliphatic carbocycles. The minimum absolute atomic E-state index is 0.250. The number of hydrogen-bond acceptors (Lipinski definition) is 5. The van der Waals surface area contributed by atoms with Crippen LogP contribution in [0, 0.1) is 3.57 Å². The van der Waals surface area contributed by atoms with Gasteiger partial charge in [0.1, 0.15) is 0 Å². The van der Waals surface area contributed by atoms with Crippen LogP contribution in [0.1, 0.15) is 15.9 Å². The van der Waals surface area contributed by atoms with Gasteiger partial charge in [-0.3, -0.25) is 14.6 Å². The Hall–Kier alpha value is -1.58. The van der Waals surface area contributed by atoms with Crippen molar-refractivity contribution in [3.63, 3.8) is 0 Å². The van der Waals surface area contributed by atoms with Crippen molar-refractivity contribution in [3.05, 3.63) is 68.4 Å². The summed E-state index contributed by atoms with van der Waals surface area (Å²) >= 11 is 8.42. The van der Waals surface area contributed by atoms with Crippen molar-refractivity contribution in [2.75, 3.05) is 0 Å². The predicted octanol–water partition coefficient (Wildman–Crippen LogP) is 3.73. The molecule has 1 fully saturated rings. The maximum atomic E-state index is 12.6. The molecule has 7 heteroatoms. The summed E-state index contributed by atoms with van der Waals surface area (Å²) in [6.45, 7) is 0. The third-order valence-corrected chi connectivity index (χ3v) is 5.35. The van der Waals surface area contributed by atoms with Gasteiger partial charge in [0.25, 0.3) is 11.8 Å². The van der Waals surface area contributed by atoms with E-state index < -0.39 is 5.91 Å². The smallest absolute Gasteiger partial charge is 0.268 e. The second-order valence-corrected chi connectivity index (χ2v) is 7.42. The summed E-state index contributed by atoms with van der Waals surface area (Å²) in [6, 6.07) is 10.7. The highest BCUT2D eigenvalue weighted by molar-refractivity contribution is 14.1. The molecule has 0 atom stereocenters. The van der Waals surface area contributed by atoms with Crippen LogP contribution < -0.4 is 0 Å². The van der Waals surface area contributed by atoms with E-state index in [1.807, 2.05) is 12.1 Å². The molecule has 0 N–H and O–H groups in total. The maximum absolute atomic E-state index is 12.6. The first-order chi connectivity index (χ1) is 11.1. The molecular weight excluding hydrogens is 443 g/mol. The summed E-state index contributed by atoms with van der Waals surface area (Å²) in [5.41, 5.74) is 1.30. The van der Waals surface area contributed by atoms with Crippen molar-refractivity contribution in [1.82, 2.24) is 9.88 Å². The monoisotopic (exact) mass is 452 g/mol. The topological polar surface area (TPSA) is 50.3 Å². The lowest BCUT2D eigenvalue weighted by atomic mass is 10.2. The van der Waals surface area contributed by atoms with Gasteiger partial charge in [0.15, 0.2) is 4.32 Å². The van der Waals surface area contributed by atoms with Crippen LogP contribution in [-0.4, -0.2) is 26.0 Å². The maximum Gasteiger partial charge on any atom is 0.273 e. The lowest BCUT2D eigenvalue weighted by molar-refractivity contribution is -0.120. The largest absolute Gasteiger partial charge is 0.273 e. The molecule has 3 rings (SSSR count). The van der Waals surface area contributed by atoms with E-state index in [4.69, 9.17) is 12.2 Å². The molecule has 23 heavy (non-hydrogen) atoms. The predicted molar refractivity (Wildman–Crippen MR) is 103 cm³/mol. The summed E-state index contributed by atoms with van der Waals surface area (Å²) in [5.74, 6) is -0.780. The molecule has 0 saturated carbocycles. The first kappa shape index (κ1) is 16.3. The van der Waals surface area contributed by atoms with Gasteiger partial charge >= 0.3 is 0 Å². The van der Waals surface area contributed by atoms with E-state index in [1.54, 1.807) is 42.7 Å². The number of amides is 2. The number of halogens is 1. The number of thiocarbonyl (C=S) groups is 1. The fourth-order valence-corrected chi connectivity index (χ4v) is 3.88. The Labute approximate surface area is 156 Å². The summed E-state index contributed by atoms with van der Waals surface area (Å²) in [4.78, 5) is 30.6. The second-order valence-electron chi connectivity index (χ2n) is 4.58. The molecule has 1 aromatic heterocycles. The van der Waals surface area contributed by atoms with E-state index in [0.717, 1.165) is 25.8 Å². The van der Waals surface area contributed by atoms with Crippen LogP contribution in [0.15, 0.2) is 53.7 Å². The Kier molecular flexibility index (Phi) is 4.88. The molecule has 0 bridgehead atoms. The lowest BCUT2D eigenvalue weighted by Gasteiger charge is -2.13.